The van der Waals surface area contributed by atoms with Crippen molar-refractivity contribution in [3.05, 3.63) is 132 Å². The Kier molecular flexibility index (Phi) is 7.25. The molecule has 1 N–H and O–H groups in total. The molecule has 6 aromatic rings. The predicted octanol–water partition coefficient (Wildman–Crippen LogP) is 8.26. The highest BCUT2D eigenvalue weighted by atomic mass is 35.5. The Balaban J connectivity index is 1.08. The van der Waals surface area contributed by atoms with Gasteiger partial charge in [-0.15, -0.1) is 23.2 Å². The molecule has 2 aliphatic heterocycles. The van der Waals surface area contributed by atoms with Gasteiger partial charge in [-0.05, 0) is 96.4 Å². The van der Waals surface area contributed by atoms with Gasteiger partial charge in [0, 0.05) is 16.9 Å². The number of para-hydroxylation sites is 2. The van der Waals surface area contributed by atoms with Gasteiger partial charge < -0.3 is 9.52 Å². The van der Waals surface area contributed by atoms with Crippen LogP contribution >= 0.6 is 23.2 Å². The van der Waals surface area contributed by atoms with Gasteiger partial charge in [0.2, 0.25) is 17.7 Å². The number of hydrogen-bond donors (Lipinski definition) is 1. The first-order valence-electron chi connectivity index (χ1n) is 17.8. The van der Waals surface area contributed by atoms with Crippen LogP contribution in [0.4, 0.5) is 15.8 Å². The maximum atomic E-state index is 14.8. The minimum atomic E-state index is -2.11. The topological polar surface area (TPSA) is 121 Å². The third-order valence-electron chi connectivity index (χ3n) is 11.8. The number of nitrogens with zero attached hydrogens (tertiary/aromatic N) is 3. The van der Waals surface area contributed by atoms with E-state index in [1.807, 2.05) is 30.3 Å². The molecule has 2 saturated heterocycles. The summed E-state index contributed by atoms with van der Waals surface area (Å²) in [5, 5.41) is 11.9. The molecule has 3 heterocycles. The summed E-state index contributed by atoms with van der Waals surface area (Å²) in [7, 11) is 0. The van der Waals surface area contributed by atoms with Crippen LogP contribution in [0.25, 0.3) is 33.3 Å². The van der Waals surface area contributed by atoms with Crippen LogP contribution in [0, 0.1) is 23.6 Å². The van der Waals surface area contributed by atoms with Crippen molar-refractivity contribution >= 4 is 80.1 Å². The lowest BCUT2D eigenvalue weighted by Crippen LogP contribution is -2.60. The second-order valence-corrected chi connectivity index (χ2v) is 15.8. The van der Waals surface area contributed by atoms with Crippen molar-refractivity contribution in [3.63, 3.8) is 0 Å². The van der Waals surface area contributed by atoms with Crippen LogP contribution in [-0.4, -0.2) is 43.5 Å². The van der Waals surface area contributed by atoms with Crippen molar-refractivity contribution in [1.82, 2.24) is 4.98 Å². The Morgan fingerprint density at radius 1 is 0.745 bits per heavy atom. The normalized spacial score (nSPS) is 27.4. The summed E-state index contributed by atoms with van der Waals surface area (Å²) >= 11 is 15.1. The number of amides is 4. The van der Waals surface area contributed by atoms with Gasteiger partial charge in [-0.3, -0.25) is 24.1 Å². The lowest BCUT2D eigenvalue weighted by Gasteiger charge is -2.51. The molecule has 4 amide bonds. The van der Waals surface area contributed by atoms with Gasteiger partial charge in [0.15, 0.2) is 15.3 Å². The quantitative estimate of drug-likeness (QED) is 0.109. The zero-order valence-electron chi connectivity index (χ0n) is 28.7. The van der Waals surface area contributed by atoms with Gasteiger partial charge in [-0.1, -0.05) is 54.1 Å². The summed E-state index contributed by atoms with van der Waals surface area (Å²) < 4.78 is 19.9. The molecule has 2 aliphatic carbocycles. The third-order valence-corrected chi connectivity index (χ3v) is 13.2. The van der Waals surface area contributed by atoms with Crippen molar-refractivity contribution in [3.8, 4) is 17.2 Å². The minimum Gasteiger partial charge on any atom is -0.507 e. The summed E-state index contributed by atoms with van der Waals surface area (Å²) in [6, 6.07) is 29.3. The predicted molar refractivity (Wildman–Crippen MR) is 204 cm³/mol. The number of rotatable bonds is 4. The summed E-state index contributed by atoms with van der Waals surface area (Å²) in [5.41, 5.74) is 3.58. The number of hydrogen-bond acceptors (Lipinski definition) is 7. The zero-order chi connectivity index (χ0) is 38.0. The number of halogens is 3. The van der Waals surface area contributed by atoms with E-state index in [1.54, 1.807) is 54.6 Å². The van der Waals surface area contributed by atoms with Gasteiger partial charge in [-0.2, -0.15) is 0 Å². The molecule has 0 unspecified atom stereocenters. The van der Waals surface area contributed by atoms with E-state index in [1.165, 1.54) is 23.1 Å². The first-order chi connectivity index (χ1) is 26.5. The molecular formula is C43H28Cl2FN3O6. The molecular weight excluding hydrogens is 744 g/mol. The number of alkyl halides is 2. The summed E-state index contributed by atoms with van der Waals surface area (Å²) in [5.74, 6) is -6.13. The Bertz CT molecular complexity index is 2660. The Morgan fingerprint density at radius 3 is 2.16 bits per heavy atom. The zero-order valence-corrected chi connectivity index (χ0v) is 30.2. The van der Waals surface area contributed by atoms with E-state index in [0.29, 0.717) is 50.2 Å². The van der Waals surface area contributed by atoms with E-state index in [-0.39, 0.29) is 30.2 Å². The van der Waals surface area contributed by atoms with Crippen LogP contribution in [-0.2, 0) is 19.2 Å². The van der Waals surface area contributed by atoms with Crippen LogP contribution in [0.1, 0.15) is 24.3 Å². The molecule has 1 aromatic heterocycles. The highest BCUT2D eigenvalue weighted by Crippen LogP contribution is 2.66. The molecule has 3 fully saturated rings. The van der Waals surface area contributed by atoms with Gasteiger partial charge in [0.1, 0.15) is 17.1 Å². The Morgan fingerprint density at radius 2 is 1.42 bits per heavy atom. The lowest BCUT2D eigenvalue weighted by atomic mass is 9.56. The number of carbonyl (C=O) groups is 4. The maximum Gasteiger partial charge on any atom is 0.258 e. The number of fused-ring (bicyclic) bond motifs is 6. The second kappa shape index (κ2) is 11.8. The Labute approximate surface area is 322 Å². The van der Waals surface area contributed by atoms with E-state index >= 15 is 0 Å². The third kappa shape index (κ3) is 4.55. The summed E-state index contributed by atoms with van der Waals surface area (Å²) in [6.07, 6.45) is 1.82. The number of allylic oxidation sites excluding steroid dienone is 2. The molecule has 0 bridgehead atoms. The molecule has 0 spiro atoms. The number of imide groups is 2. The van der Waals surface area contributed by atoms with Crippen molar-refractivity contribution in [2.75, 3.05) is 9.80 Å². The smallest absolute Gasteiger partial charge is 0.258 e. The highest BCUT2D eigenvalue weighted by molar-refractivity contribution is 6.58. The fourth-order valence-electron chi connectivity index (χ4n) is 9.31. The molecule has 6 atom stereocenters. The Hall–Kier alpha value is -5.84. The van der Waals surface area contributed by atoms with Gasteiger partial charge in [-0.25, -0.2) is 14.3 Å². The number of oxazole rings is 1. The van der Waals surface area contributed by atoms with Crippen LogP contribution in [0.15, 0.2) is 125 Å². The summed E-state index contributed by atoms with van der Waals surface area (Å²) in [6.45, 7) is 0. The van der Waals surface area contributed by atoms with E-state index in [2.05, 4.69) is 4.98 Å². The van der Waals surface area contributed by atoms with Crippen molar-refractivity contribution < 1.29 is 33.1 Å². The number of phenolic OH excluding ortho intramolecular Hbond substituents is 1. The molecule has 12 heteroatoms. The number of benzene rings is 5. The first kappa shape index (κ1) is 33.7. The highest BCUT2D eigenvalue weighted by Gasteiger charge is 2.76. The standard InChI is InChI=1S/C43H28Cl2FN3O6/c44-42-21-31-29(17-18-30-35(31)39(52)48(38(30)51)24-13-9-22(10-14-24)37-47-32-7-3-4-8-34(32)55-37)36(28-19-20-33(50)27-6-2-1-5-26(27)28)43(42,45)41(54)49(40(42)53)25-15-11-23(46)12-16-25/h1-17,19-20,30-31,35-36,50H,18,21H2/t30-,31+,35-,36-,42+,43-/m0/s1. The summed E-state index contributed by atoms with van der Waals surface area (Å²) in [4.78, 5) is 60.7. The van der Waals surface area contributed by atoms with Crippen LogP contribution in [0.2, 0.25) is 0 Å². The number of aromatic hydroxyl groups is 1. The average molecular weight is 773 g/mol. The molecule has 55 heavy (non-hydrogen) atoms. The van der Waals surface area contributed by atoms with Gasteiger partial charge >= 0.3 is 0 Å². The molecule has 272 valence electrons. The molecule has 10 rings (SSSR count). The van der Waals surface area contributed by atoms with Crippen LogP contribution < -0.4 is 9.80 Å². The SMILES string of the molecule is O=C1[C@H]2[C@H](CC=C3[C@H]2C[C@@]2(Cl)C(=O)N(c4ccc(F)cc4)C(=O)[C@@]2(Cl)[C@H]3c2ccc(O)c3ccccc23)C(=O)N1c1ccc(-c2nc3ccccc3o2)cc1. The lowest BCUT2D eigenvalue weighted by molar-refractivity contribution is -0.125. The number of phenols is 1. The van der Waals surface area contributed by atoms with Crippen LogP contribution in [0.3, 0.4) is 0 Å². The first-order valence-corrected chi connectivity index (χ1v) is 18.5. The maximum absolute atomic E-state index is 14.8. The van der Waals surface area contributed by atoms with Crippen molar-refractivity contribution in [2.45, 2.75) is 28.5 Å². The van der Waals surface area contributed by atoms with E-state index < -0.39 is 57.0 Å². The number of carbonyl (C=O) groups excluding carboxylic acids is 4. The molecule has 0 radical (unpaired) electrons. The average Bonchev–Trinajstić information content (AvgIpc) is 3.79. The second-order valence-electron chi connectivity index (χ2n) is 14.5. The monoisotopic (exact) mass is 771 g/mol. The fraction of sp³-hybridized carbons (Fsp3) is 0.186. The fourth-order valence-corrected chi connectivity index (χ4v) is 10.2. The van der Waals surface area contributed by atoms with E-state index in [4.69, 9.17) is 27.6 Å². The number of anilines is 2. The van der Waals surface area contributed by atoms with Gasteiger partial charge in [0.25, 0.3) is 11.8 Å². The van der Waals surface area contributed by atoms with E-state index in [9.17, 15) is 28.7 Å². The molecule has 9 nitrogen and oxygen atoms in total. The van der Waals surface area contributed by atoms with Gasteiger partial charge in [0.05, 0.1) is 23.2 Å². The van der Waals surface area contributed by atoms with Crippen molar-refractivity contribution in [2.24, 2.45) is 17.8 Å². The molecule has 1 saturated carbocycles. The van der Waals surface area contributed by atoms with E-state index in [0.717, 1.165) is 17.0 Å². The van der Waals surface area contributed by atoms with Crippen LogP contribution in [0.5, 0.6) is 5.75 Å². The largest absolute Gasteiger partial charge is 0.507 e. The minimum absolute atomic E-state index is 0.00116. The van der Waals surface area contributed by atoms with Crippen molar-refractivity contribution in [1.29, 1.82) is 0 Å². The number of aromatic nitrogens is 1. The molecule has 4 aliphatic rings. The molecule has 5 aromatic carbocycles.